The van der Waals surface area contributed by atoms with Gasteiger partial charge in [0.1, 0.15) is 16.4 Å². The Morgan fingerprint density at radius 2 is 1.79 bits per heavy atom. The second-order valence-corrected chi connectivity index (χ2v) is 9.57. The maximum absolute atomic E-state index is 13.5. The van der Waals surface area contributed by atoms with Crippen LogP contribution in [0.5, 0.6) is 17.2 Å². The van der Waals surface area contributed by atoms with E-state index in [2.05, 4.69) is 4.98 Å². The predicted molar refractivity (Wildman–Crippen MR) is 145 cm³/mol. The Morgan fingerprint density at radius 3 is 2.41 bits per heavy atom. The molecule has 39 heavy (non-hydrogen) atoms. The lowest BCUT2D eigenvalue weighted by molar-refractivity contribution is -0.132. The molecule has 10 nitrogen and oxygen atoms in total. The van der Waals surface area contributed by atoms with Crippen LogP contribution >= 0.6 is 11.3 Å². The summed E-state index contributed by atoms with van der Waals surface area (Å²) in [5.41, 5.74) is 1.68. The van der Waals surface area contributed by atoms with Crippen LogP contribution in [0.25, 0.3) is 5.76 Å². The van der Waals surface area contributed by atoms with E-state index >= 15 is 0 Å². The molecular formula is C28H28N2O8S. The van der Waals surface area contributed by atoms with Crippen LogP contribution in [0.15, 0.2) is 42.0 Å². The van der Waals surface area contributed by atoms with Crippen molar-refractivity contribution < 1.29 is 38.4 Å². The minimum absolute atomic E-state index is 0.110. The number of nitrogens with zero attached hydrogens (tertiary/aromatic N) is 2. The number of rotatable bonds is 8. The Bertz CT molecular complexity index is 1490. The molecule has 1 atom stereocenters. The molecule has 4 rings (SSSR count). The standard InChI is InChI=1S/C28H28N2O8S/c1-7-38-19-11-8-16(13-20(19)36-5)22-21(23(31)18-10-9-17(35-4)12-14(18)2)24(32)26(33)30(22)28-29-15(3)25(39-28)27(34)37-6/h8-13,22,31H,7H2,1-6H3/b23-21+/t22-/m0/s1. The molecule has 11 heteroatoms. The van der Waals surface area contributed by atoms with Crippen LogP contribution in [-0.2, 0) is 14.3 Å². The molecule has 0 radical (unpaired) electrons. The minimum Gasteiger partial charge on any atom is -0.507 e. The average molecular weight is 553 g/mol. The van der Waals surface area contributed by atoms with Crippen molar-refractivity contribution in [3.63, 3.8) is 0 Å². The van der Waals surface area contributed by atoms with E-state index in [-0.39, 0.29) is 21.3 Å². The highest BCUT2D eigenvalue weighted by molar-refractivity contribution is 7.17. The van der Waals surface area contributed by atoms with E-state index in [1.54, 1.807) is 50.2 Å². The number of esters is 1. The summed E-state index contributed by atoms with van der Waals surface area (Å²) in [7, 11) is 4.25. The number of carbonyl (C=O) groups excluding carboxylic acids is 3. The van der Waals surface area contributed by atoms with Crippen LogP contribution in [0.4, 0.5) is 5.13 Å². The van der Waals surface area contributed by atoms with Gasteiger partial charge in [-0.3, -0.25) is 14.5 Å². The van der Waals surface area contributed by atoms with Crippen molar-refractivity contribution in [2.45, 2.75) is 26.8 Å². The maximum Gasteiger partial charge on any atom is 0.350 e. The zero-order valence-electron chi connectivity index (χ0n) is 22.4. The van der Waals surface area contributed by atoms with E-state index in [9.17, 15) is 19.5 Å². The molecule has 1 fully saturated rings. The molecule has 1 aliphatic heterocycles. The Morgan fingerprint density at radius 1 is 1.05 bits per heavy atom. The van der Waals surface area contributed by atoms with Gasteiger partial charge >= 0.3 is 11.9 Å². The van der Waals surface area contributed by atoms with Crippen molar-refractivity contribution in [1.82, 2.24) is 4.98 Å². The third-order valence-corrected chi connectivity index (χ3v) is 7.44. The van der Waals surface area contributed by atoms with Crippen LogP contribution in [0.2, 0.25) is 0 Å². The Labute approximate surface area is 229 Å². The number of carbonyl (C=O) groups is 3. The number of hydrogen-bond donors (Lipinski definition) is 1. The number of methoxy groups -OCH3 is 3. The third-order valence-electron chi connectivity index (χ3n) is 6.30. The Hall–Kier alpha value is -4.38. The molecule has 0 unspecified atom stereocenters. The number of aryl methyl sites for hydroxylation is 2. The summed E-state index contributed by atoms with van der Waals surface area (Å²) in [5.74, 6) is -1.32. The van der Waals surface area contributed by atoms with Gasteiger partial charge in [0.05, 0.1) is 45.2 Å². The van der Waals surface area contributed by atoms with E-state index < -0.39 is 23.7 Å². The van der Waals surface area contributed by atoms with E-state index in [1.807, 2.05) is 6.92 Å². The maximum atomic E-state index is 13.5. The van der Waals surface area contributed by atoms with Crippen molar-refractivity contribution in [3.8, 4) is 17.2 Å². The highest BCUT2D eigenvalue weighted by Gasteiger charge is 2.48. The Balaban J connectivity index is 1.97. The number of benzene rings is 2. The number of aromatic nitrogens is 1. The van der Waals surface area contributed by atoms with Gasteiger partial charge in [-0.2, -0.15) is 0 Å². The first-order valence-electron chi connectivity index (χ1n) is 12.0. The first-order valence-corrected chi connectivity index (χ1v) is 12.8. The summed E-state index contributed by atoms with van der Waals surface area (Å²) >= 11 is 0.923. The number of aliphatic hydroxyl groups is 1. The lowest BCUT2D eigenvalue weighted by atomic mass is 9.93. The summed E-state index contributed by atoms with van der Waals surface area (Å²) in [6.45, 7) is 5.61. The van der Waals surface area contributed by atoms with Crippen molar-refractivity contribution in [1.29, 1.82) is 0 Å². The second-order valence-electron chi connectivity index (χ2n) is 8.60. The zero-order chi connectivity index (χ0) is 28.4. The number of Topliss-reactive ketones (excluding diaryl/α,β-unsaturated/α-hetero) is 1. The number of ether oxygens (including phenoxy) is 4. The fourth-order valence-corrected chi connectivity index (χ4v) is 5.43. The summed E-state index contributed by atoms with van der Waals surface area (Å²) in [5, 5.41) is 11.6. The molecule has 1 amide bonds. The second kappa shape index (κ2) is 11.2. The molecule has 2 heterocycles. The minimum atomic E-state index is -1.08. The van der Waals surface area contributed by atoms with Crippen molar-refractivity contribution in [3.05, 3.63) is 69.2 Å². The van der Waals surface area contributed by atoms with Gasteiger partial charge in [0.2, 0.25) is 0 Å². The fourth-order valence-electron chi connectivity index (χ4n) is 4.42. The van der Waals surface area contributed by atoms with E-state index in [1.165, 1.54) is 26.2 Å². The quantitative estimate of drug-likeness (QED) is 0.185. The molecule has 0 saturated carbocycles. The molecule has 3 aromatic rings. The zero-order valence-corrected chi connectivity index (χ0v) is 23.2. The SMILES string of the molecule is CCOc1ccc([C@H]2/C(=C(\O)c3ccc(OC)cc3C)C(=O)C(=O)N2c2nc(C)c(C(=O)OC)s2)cc1OC. The summed E-state index contributed by atoms with van der Waals surface area (Å²) < 4.78 is 21.2. The van der Waals surface area contributed by atoms with Gasteiger partial charge in [-0.05, 0) is 62.2 Å². The molecule has 1 aromatic heterocycles. The molecule has 1 aliphatic rings. The molecule has 0 spiro atoms. The van der Waals surface area contributed by atoms with Crippen molar-refractivity contribution in [2.75, 3.05) is 32.8 Å². The summed E-state index contributed by atoms with van der Waals surface area (Å²) in [4.78, 5) is 45.1. The van der Waals surface area contributed by atoms with E-state index in [4.69, 9.17) is 18.9 Å². The number of anilines is 1. The van der Waals surface area contributed by atoms with Crippen LogP contribution in [-0.4, -0.2) is 55.7 Å². The van der Waals surface area contributed by atoms with E-state index in [0.717, 1.165) is 11.3 Å². The lowest BCUT2D eigenvalue weighted by Gasteiger charge is -2.24. The monoisotopic (exact) mass is 552 g/mol. The van der Waals surface area contributed by atoms with Gasteiger partial charge in [-0.1, -0.05) is 17.4 Å². The molecular weight excluding hydrogens is 524 g/mol. The predicted octanol–water partition coefficient (Wildman–Crippen LogP) is 4.59. The number of thiazole rings is 1. The molecule has 204 valence electrons. The van der Waals surface area contributed by atoms with Gasteiger partial charge < -0.3 is 24.1 Å². The first kappa shape index (κ1) is 27.6. The lowest BCUT2D eigenvalue weighted by Crippen LogP contribution is -2.29. The number of hydrogen-bond acceptors (Lipinski definition) is 10. The molecule has 0 aliphatic carbocycles. The molecule has 1 N–H and O–H groups in total. The molecule has 0 bridgehead atoms. The first-order chi connectivity index (χ1) is 18.7. The van der Waals surface area contributed by atoms with Gasteiger partial charge in [-0.15, -0.1) is 0 Å². The number of amides is 1. The van der Waals surface area contributed by atoms with Gasteiger partial charge in [0.25, 0.3) is 5.78 Å². The Kier molecular flexibility index (Phi) is 7.91. The topological polar surface area (TPSA) is 124 Å². The van der Waals surface area contributed by atoms with Crippen LogP contribution in [0, 0.1) is 13.8 Å². The largest absolute Gasteiger partial charge is 0.507 e. The third kappa shape index (κ3) is 4.92. The highest BCUT2D eigenvalue weighted by atomic mass is 32.1. The van der Waals surface area contributed by atoms with Crippen LogP contribution in [0.1, 0.15) is 45.0 Å². The average Bonchev–Trinajstić information content (AvgIpc) is 3.44. The smallest absolute Gasteiger partial charge is 0.350 e. The van der Waals surface area contributed by atoms with Gasteiger partial charge in [0.15, 0.2) is 16.6 Å². The summed E-state index contributed by atoms with van der Waals surface area (Å²) in [6, 6.07) is 8.91. The van der Waals surface area contributed by atoms with E-state index in [0.29, 0.717) is 46.2 Å². The normalized spacial score (nSPS) is 16.4. The summed E-state index contributed by atoms with van der Waals surface area (Å²) in [6.07, 6.45) is 0. The van der Waals surface area contributed by atoms with Gasteiger partial charge in [0, 0.05) is 5.56 Å². The van der Waals surface area contributed by atoms with Crippen molar-refractivity contribution in [2.24, 2.45) is 0 Å². The highest BCUT2D eigenvalue weighted by Crippen LogP contribution is 2.46. The van der Waals surface area contributed by atoms with Crippen LogP contribution in [0.3, 0.4) is 0 Å². The van der Waals surface area contributed by atoms with Crippen molar-refractivity contribution >= 4 is 39.9 Å². The van der Waals surface area contributed by atoms with Gasteiger partial charge in [-0.25, -0.2) is 9.78 Å². The number of aliphatic hydroxyl groups excluding tert-OH is 1. The fraction of sp³-hybridized carbons (Fsp3) is 0.286. The molecule has 1 saturated heterocycles. The number of ketones is 1. The van der Waals surface area contributed by atoms with Crippen LogP contribution < -0.4 is 19.1 Å². The molecule has 2 aromatic carbocycles.